The molecular formula is C14H20ClNO2. The van der Waals surface area contributed by atoms with E-state index in [2.05, 4.69) is 11.4 Å². The number of rotatable bonds is 5. The quantitative estimate of drug-likeness (QED) is 0.853. The van der Waals surface area contributed by atoms with Gasteiger partial charge in [0.1, 0.15) is 0 Å². The maximum Gasteiger partial charge on any atom is 0.303 e. The zero-order valence-electron chi connectivity index (χ0n) is 11.3. The minimum Gasteiger partial charge on any atom is -0.481 e. The van der Waals surface area contributed by atoms with Crippen LogP contribution in [0.25, 0.3) is 0 Å². The van der Waals surface area contributed by atoms with Crippen LogP contribution >= 0.6 is 11.6 Å². The van der Waals surface area contributed by atoms with Gasteiger partial charge in [0.25, 0.3) is 0 Å². The van der Waals surface area contributed by atoms with Crippen molar-refractivity contribution in [1.29, 1.82) is 0 Å². The Morgan fingerprint density at radius 2 is 2.00 bits per heavy atom. The summed E-state index contributed by atoms with van der Waals surface area (Å²) in [6.45, 7) is 8.41. The third-order valence-electron chi connectivity index (χ3n) is 2.81. The van der Waals surface area contributed by atoms with E-state index in [1.54, 1.807) is 0 Å². The van der Waals surface area contributed by atoms with Gasteiger partial charge in [-0.15, -0.1) is 0 Å². The zero-order valence-corrected chi connectivity index (χ0v) is 12.1. The monoisotopic (exact) mass is 269 g/mol. The molecule has 0 aliphatic rings. The maximum atomic E-state index is 10.8. The molecule has 0 saturated heterocycles. The topological polar surface area (TPSA) is 49.3 Å². The summed E-state index contributed by atoms with van der Waals surface area (Å²) in [5.74, 6) is -0.784. The summed E-state index contributed by atoms with van der Waals surface area (Å²) in [4.78, 5) is 10.8. The van der Waals surface area contributed by atoms with Crippen LogP contribution in [0.4, 0.5) is 5.69 Å². The number of carbonyl (C=O) groups is 1. The number of benzene rings is 1. The molecule has 3 nitrogen and oxygen atoms in total. The fourth-order valence-electron chi connectivity index (χ4n) is 1.94. The fraction of sp³-hybridized carbons (Fsp3) is 0.500. The summed E-state index contributed by atoms with van der Waals surface area (Å²) >= 11 is 6.19. The molecule has 0 fully saturated rings. The summed E-state index contributed by atoms with van der Waals surface area (Å²) < 4.78 is 0. The normalized spacial score (nSPS) is 11.4. The van der Waals surface area contributed by atoms with Crippen LogP contribution in [0.1, 0.15) is 31.4 Å². The highest BCUT2D eigenvalue weighted by Gasteiger charge is 2.22. The molecule has 100 valence electrons. The van der Waals surface area contributed by atoms with Crippen molar-refractivity contribution >= 4 is 23.3 Å². The van der Waals surface area contributed by atoms with Gasteiger partial charge in [0.2, 0.25) is 0 Å². The maximum absolute atomic E-state index is 10.8. The highest BCUT2D eigenvalue weighted by atomic mass is 35.5. The first-order chi connectivity index (χ1) is 8.21. The van der Waals surface area contributed by atoms with E-state index in [-0.39, 0.29) is 11.8 Å². The van der Waals surface area contributed by atoms with E-state index in [9.17, 15) is 4.79 Å². The Hall–Kier alpha value is -1.22. The van der Waals surface area contributed by atoms with Crippen molar-refractivity contribution in [3.63, 3.8) is 0 Å². The van der Waals surface area contributed by atoms with Crippen LogP contribution in [0.5, 0.6) is 0 Å². The predicted octanol–water partition coefficient (Wildman–Crippen LogP) is 3.87. The fourth-order valence-corrected chi connectivity index (χ4v) is 2.33. The van der Waals surface area contributed by atoms with E-state index in [0.29, 0.717) is 11.6 Å². The van der Waals surface area contributed by atoms with E-state index in [1.165, 1.54) is 0 Å². The van der Waals surface area contributed by atoms with Crippen molar-refractivity contribution in [2.24, 2.45) is 5.41 Å². The van der Waals surface area contributed by atoms with Crippen LogP contribution in [0.3, 0.4) is 0 Å². The van der Waals surface area contributed by atoms with Crippen molar-refractivity contribution in [3.05, 3.63) is 28.3 Å². The number of carboxylic acids is 1. The standard InChI is InChI=1S/C14H20ClNO2/c1-9-5-10(2)13(11(15)6-9)16-8-14(3,4)7-12(17)18/h5-6,16H,7-8H2,1-4H3,(H,17,18). The second kappa shape index (κ2) is 5.61. The van der Waals surface area contributed by atoms with Gasteiger partial charge in [0.05, 0.1) is 17.1 Å². The van der Waals surface area contributed by atoms with Crippen molar-refractivity contribution in [2.45, 2.75) is 34.1 Å². The predicted molar refractivity (Wildman–Crippen MR) is 75.4 cm³/mol. The summed E-state index contributed by atoms with van der Waals surface area (Å²) in [7, 11) is 0. The number of halogens is 1. The Morgan fingerprint density at radius 3 is 2.50 bits per heavy atom. The van der Waals surface area contributed by atoms with Crippen molar-refractivity contribution in [1.82, 2.24) is 0 Å². The van der Waals surface area contributed by atoms with Crippen LogP contribution in [0, 0.1) is 19.3 Å². The zero-order chi connectivity index (χ0) is 13.9. The van der Waals surface area contributed by atoms with Gasteiger partial charge >= 0.3 is 5.97 Å². The molecule has 1 aromatic carbocycles. The number of nitrogens with one attached hydrogen (secondary N) is 1. The van der Waals surface area contributed by atoms with Crippen LogP contribution in [-0.4, -0.2) is 17.6 Å². The third kappa shape index (κ3) is 4.22. The van der Waals surface area contributed by atoms with Gasteiger partial charge < -0.3 is 10.4 Å². The Kier molecular flexibility index (Phi) is 4.63. The molecule has 0 aromatic heterocycles. The van der Waals surface area contributed by atoms with Gasteiger partial charge in [-0.25, -0.2) is 0 Å². The number of hydrogen-bond acceptors (Lipinski definition) is 2. The first-order valence-electron chi connectivity index (χ1n) is 5.94. The molecule has 0 aliphatic carbocycles. The van der Waals surface area contributed by atoms with Crippen molar-refractivity contribution in [3.8, 4) is 0 Å². The molecule has 2 N–H and O–H groups in total. The molecule has 0 unspecified atom stereocenters. The lowest BCUT2D eigenvalue weighted by Gasteiger charge is -2.24. The van der Waals surface area contributed by atoms with Crippen molar-refractivity contribution < 1.29 is 9.90 Å². The highest BCUT2D eigenvalue weighted by molar-refractivity contribution is 6.33. The minimum atomic E-state index is -0.784. The van der Waals surface area contributed by atoms with Gasteiger partial charge in [0, 0.05) is 6.54 Å². The second-order valence-electron chi connectivity index (χ2n) is 5.53. The van der Waals surface area contributed by atoms with Crippen molar-refractivity contribution in [2.75, 3.05) is 11.9 Å². The average molecular weight is 270 g/mol. The molecule has 4 heteroatoms. The molecule has 0 saturated carbocycles. The van der Waals surface area contributed by atoms with E-state index < -0.39 is 5.97 Å². The van der Waals surface area contributed by atoms with E-state index in [1.807, 2.05) is 33.8 Å². The van der Waals surface area contributed by atoms with Crippen LogP contribution in [0.2, 0.25) is 5.02 Å². The Labute approximate surface area is 113 Å². The van der Waals surface area contributed by atoms with Gasteiger partial charge in [-0.1, -0.05) is 31.5 Å². The van der Waals surface area contributed by atoms with E-state index in [0.717, 1.165) is 16.8 Å². The van der Waals surface area contributed by atoms with Gasteiger partial charge in [0.15, 0.2) is 0 Å². The van der Waals surface area contributed by atoms with Gasteiger partial charge in [-0.05, 0) is 36.5 Å². The molecule has 0 amide bonds. The van der Waals surface area contributed by atoms with Crippen LogP contribution in [0.15, 0.2) is 12.1 Å². The molecule has 0 atom stereocenters. The lowest BCUT2D eigenvalue weighted by atomic mass is 9.89. The van der Waals surface area contributed by atoms with Crippen LogP contribution < -0.4 is 5.32 Å². The van der Waals surface area contributed by atoms with E-state index >= 15 is 0 Å². The Bertz CT molecular complexity index is 432. The molecule has 1 rings (SSSR count). The van der Waals surface area contributed by atoms with E-state index in [4.69, 9.17) is 16.7 Å². The number of anilines is 1. The molecular weight excluding hydrogens is 250 g/mol. The number of hydrogen-bond donors (Lipinski definition) is 2. The first-order valence-corrected chi connectivity index (χ1v) is 6.31. The molecule has 0 spiro atoms. The second-order valence-corrected chi connectivity index (χ2v) is 5.93. The molecule has 0 bridgehead atoms. The summed E-state index contributed by atoms with van der Waals surface area (Å²) in [6, 6.07) is 3.96. The lowest BCUT2D eigenvalue weighted by molar-refractivity contribution is -0.139. The minimum absolute atomic E-state index is 0.128. The smallest absolute Gasteiger partial charge is 0.303 e. The Morgan fingerprint density at radius 1 is 1.39 bits per heavy atom. The molecule has 0 radical (unpaired) electrons. The average Bonchev–Trinajstić information content (AvgIpc) is 2.12. The number of carboxylic acid groups (broad SMARTS) is 1. The lowest BCUT2D eigenvalue weighted by Crippen LogP contribution is -2.26. The largest absolute Gasteiger partial charge is 0.481 e. The van der Waals surface area contributed by atoms with Crippen LogP contribution in [-0.2, 0) is 4.79 Å². The SMILES string of the molecule is Cc1cc(C)c(NCC(C)(C)CC(=O)O)c(Cl)c1. The summed E-state index contributed by atoms with van der Waals surface area (Å²) in [6.07, 6.45) is 0.128. The molecule has 0 heterocycles. The summed E-state index contributed by atoms with van der Waals surface area (Å²) in [5.41, 5.74) is 2.77. The van der Waals surface area contributed by atoms with Gasteiger partial charge in [-0.3, -0.25) is 4.79 Å². The summed E-state index contributed by atoms with van der Waals surface area (Å²) in [5, 5.41) is 12.8. The van der Waals surface area contributed by atoms with Gasteiger partial charge in [-0.2, -0.15) is 0 Å². The molecule has 18 heavy (non-hydrogen) atoms. The molecule has 1 aromatic rings. The third-order valence-corrected chi connectivity index (χ3v) is 3.10. The first kappa shape index (κ1) is 14.8. The number of aliphatic carboxylic acids is 1. The Balaban J connectivity index is 2.78. The molecule has 0 aliphatic heterocycles. The highest BCUT2D eigenvalue weighted by Crippen LogP contribution is 2.29. The number of aryl methyl sites for hydroxylation is 2.